The van der Waals surface area contributed by atoms with Crippen molar-refractivity contribution in [3.63, 3.8) is 0 Å². The quantitative estimate of drug-likeness (QED) is 0.717. The zero-order valence-corrected chi connectivity index (χ0v) is 13.1. The Balaban J connectivity index is 1.78. The van der Waals surface area contributed by atoms with E-state index in [0.717, 1.165) is 10.9 Å². The van der Waals surface area contributed by atoms with E-state index in [0.29, 0.717) is 17.8 Å². The summed E-state index contributed by atoms with van der Waals surface area (Å²) in [7, 11) is 1.27. The minimum Gasteiger partial charge on any atom is -0.468 e. The molecular formula is C17H16N4O3. The van der Waals surface area contributed by atoms with E-state index in [2.05, 4.69) is 20.1 Å². The minimum absolute atomic E-state index is 0.180. The van der Waals surface area contributed by atoms with Gasteiger partial charge in [0.2, 0.25) is 0 Å². The van der Waals surface area contributed by atoms with Crippen LogP contribution in [0.3, 0.4) is 0 Å². The Morgan fingerprint density at radius 3 is 2.75 bits per heavy atom. The fraction of sp³-hybridized carbons (Fsp3) is 0.176. The largest absolute Gasteiger partial charge is 0.468 e. The molecule has 0 radical (unpaired) electrons. The van der Waals surface area contributed by atoms with Gasteiger partial charge in [-0.05, 0) is 11.6 Å². The molecular weight excluding hydrogens is 308 g/mol. The second-order valence-corrected chi connectivity index (χ2v) is 5.18. The van der Waals surface area contributed by atoms with E-state index in [4.69, 9.17) is 0 Å². The molecule has 2 heterocycles. The van der Waals surface area contributed by atoms with Crippen molar-refractivity contribution < 1.29 is 14.3 Å². The average molecular weight is 324 g/mol. The third-order valence-electron chi connectivity index (χ3n) is 3.53. The highest BCUT2D eigenvalue weighted by Gasteiger charge is 2.12. The second-order valence-electron chi connectivity index (χ2n) is 5.18. The number of carbonyl (C=O) groups is 2. The van der Waals surface area contributed by atoms with Gasteiger partial charge in [0.25, 0.3) is 5.91 Å². The first-order valence-corrected chi connectivity index (χ1v) is 7.38. The first kappa shape index (κ1) is 15.7. The molecule has 0 aliphatic carbocycles. The predicted molar refractivity (Wildman–Crippen MR) is 87.4 cm³/mol. The fourth-order valence-corrected chi connectivity index (χ4v) is 2.29. The number of nitrogens with one attached hydrogen (secondary N) is 1. The Morgan fingerprint density at radius 2 is 2.00 bits per heavy atom. The second kappa shape index (κ2) is 6.91. The smallest absolute Gasteiger partial charge is 0.325 e. The number of amides is 1. The molecule has 1 amide bonds. The molecule has 1 N–H and O–H groups in total. The van der Waals surface area contributed by atoms with Crippen molar-refractivity contribution >= 4 is 22.9 Å². The summed E-state index contributed by atoms with van der Waals surface area (Å²) in [6, 6.07) is 11.6. The molecule has 1 aromatic carbocycles. The number of nitrogens with zero attached hydrogens (tertiary/aromatic N) is 3. The Bertz CT molecular complexity index is 874. The molecule has 0 saturated carbocycles. The van der Waals surface area contributed by atoms with Crippen molar-refractivity contribution in [2.24, 2.45) is 0 Å². The number of methoxy groups -OCH3 is 1. The van der Waals surface area contributed by atoms with Crippen LogP contribution in [0, 0.1) is 0 Å². The predicted octanol–water partition coefficient (Wildman–Crippen LogP) is 1.38. The average Bonchev–Trinajstić information content (AvgIpc) is 3.02. The highest BCUT2D eigenvalue weighted by Crippen LogP contribution is 2.14. The number of carbonyl (C=O) groups excluding carboxylic acids is 2. The minimum atomic E-state index is -0.506. The van der Waals surface area contributed by atoms with Crippen LogP contribution in [0.4, 0.5) is 0 Å². The van der Waals surface area contributed by atoms with Crippen LogP contribution in [-0.2, 0) is 16.1 Å². The summed E-state index contributed by atoms with van der Waals surface area (Å²) in [6.45, 7) is 0.422. The van der Waals surface area contributed by atoms with Gasteiger partial charge in [0, 0.05) is 11.6 Å². The van der Waals surface area contributed by atoms with Gasteiger partial charge in [-0.25, -0.2) is 9.67 Å². The molecule has 0 spiro atoms. The standard InChI is InChI=1S/C17H16N4O3/c1-24-15(22)10-19-17(23)14-7-13-9-20-21(16(13)18-8-14)11-12-5-3-2-4-6-12/h2-9H,10-11H2,1H3,(H,19,23). The van der Waals surface area contributed by atoms with Crippen LogP contribution in [0.5, 0.6) is 0 Å². The maximum Gasteiger partial charge on any atom is 0.325 e. The summed E-state index contributed by atoms with van der Waals surface area (Å²) < 4.78 is 6.26. The molecule has 7 nitrogen and oxygen atoms in total. The van der Waals surface area contributed by atoms with Crippen molar-refractivity contribution in [3.05, 3.63) is 59.9 Å². The molecule has 122 valence electrons. The summed E-state index contributed by atoms with van der Waals surface area (Å²) >= 11 is 0. The Labute approximate surface area is 138 Å². The van der Waals surface area contributed by atoms with Crippen LogP contribution in [-0.4, -0.2) is 40.3 Å². The monoisotopic (exact) mass is 324 g/mol. The molecule has 0 aliphatic rings. The van der Waals surface area contributed by atoms with E-state index < -0.39 is 5.97 Å². The van der Waals surface area contributed by atoms with Crippen LogP contribution in [0.15, 0.2) is 48.8 Å². The van der Waals surface area contributed by atoms with Crippen molar-refractivity contribution in [1.29, 1.82) is 0 Å². The van der Waals surface area contributed by atoms with Crippen molar-refractivity contribution in [2.45, 2.75) is 6.54 Å². The summed E-state index contributed by atoms with van der Waals surface area (Å²) in [5, 5.41) is 7.57. The van der Waals surface area contributed by atoms with Gasteiger partial charge in [0.15, 0.2) is 5.65 Å². The number of hydrogen-bond acceptors (Lipinski definition) is 5. The van der Waals surface area contributed by atoms with Crippen molar-refractivity contribution in [1.82, 2.24) is 20.1 Å². The van der Waals surface area contributed by atoms with E-state index in [-0.39, 0.29) is 12.5 Å². The molecule has 7 heteroatoms. The lowest BCUT2D eigenvalue weighted by Gasteiger charge is -2.05. The summed E-state index contributed by atoms with van der Waals surface area (Å²) in [6.07, 6.45) is 3.14. The molecule has 0 fully saturated rings. The van der Waals surface area contributed by atoms with Crippen LogP contribution in [0.2, 0.25) is 0 Å². The highest BCUT2D eigenvalue weighted by atomic mass is 16.5. The molecule has 24 heavy (non-hydrogen) atoms. The van der Waals surface area contributed by atoms with E-state index >= 15 is 0 Å². The van der Waals surface area contributed by atoms with Gasteiger partial charge in [0.1, 0.15) is 6.54 Å². The third-order valence-corrected chi connectivity index (χ3v) is 3.53. The van der Waals surface area contributed by atoms with Gasteiger partial charge in [-0.15, -0.1) is 0 Å². The topological polar surface area (TPSA) is 86.1 Å². The van der Waals surface area contributed by atoms with Crippen LogP contribution < -0.4 is 5.32 Å². The first-order chi connectivity index (χ1) is 11.7. The maximum absolute atomic E-state index is 12.0. The van der Waals surface area contributed by atoms with Crippen molar-refractivity contribution in [3.8, 4) is 0 Å². The first-order valence-electron chi connectivity index (χ1n) is 7.38. The number of fused-ring (bicyclic) bond motifs is 1. The zero-order valence-electron chi connectivity index (χ0n) is 13.1. The van der Waals surface area contributed by atoms with Gasteiger partial charge < -0.3 is 10.1 Å². The van der Waals surface area contributed by atoms with Gasteiger partial charge in [-0.2, -0.15) is 5.10 Å². The molecule has 0 saturated heterocycles. The maximum atomic E-state index is 12.0. The third kappa shape index (κ3) is 3.40. The summed E-state index contributed by atoms with van der Waals surface area (Å²) in [5.74, 6) is -0.890. The molecule has 2 aromatic heterocycles. The summed E-state index contributed by atoms with van der Waals surface area (Å²) in [4.78, 5) is 27.4. The zero-order chi connectivity index (χ0) is 16.9. The number of ether oxygens (including phenoxy) is 1. The van der Waals surface area contributed by atoms with Gasteiger partial charge in [-0.1, -0.05) is 30.3 Å². The van der Waals surface area contributed by atoms with Gasteiger partial charge in [-0.3, -0.25) is 9.59 Å². The number of pyridine rings is 1. The molecule has 0 bridgehead atoms. The number of hydrogen-bond donors (Lipinski definition) is 1. The van der Waals surface area contributed by atoms with Crippen LogP contribution >= 0.6 is 0 Å². The lowest BCUT2D eigenvalue weighted by atomic mass is 10.2. The Hall–Kier alpha value is -3.22. The molecule has 0 atom stereocenters. The van der Waals surface area contributed by atoms with Crippen LogP contribution in [0.25, 0.3) is 11.0 Å². The lowest BCUT2D eigenvalue weighted by molar-refractivity contribution is -0.139. The van der Waals surface area contributed by atoms with E-state index in [1.54, 1.807) is 16.9 Å². The normalized spacial score (nSPS) is 10.5. The van der Waals surface area contributed by atoms with Gasteiger partial charge >= 0.3 is 5.97 Å². The molecule has 0 aliphatic heterocycles. The number of benzene rings is 1. The van der Waals surface area contributed by atoms with Gasteiger partial charge in [0.05, 0.1) is 25.4 Å². The molecule has 3 aromatic rings. The number of rotatable bonds is 5. The fourth-order valence-electron chi connectivity index (χ4n) is 2.29. The lowest BCUT2D eigenvalue weighted by Crippen LogP contribution is -2.30. The summed E-state index contributed by atoms with van der Waals surface area (Å²) in [5.41, 5.74) is 2.18. The van der Waals surface area contributed by atoms with E-state index in [1.165, 1.54) is 13.3 Å². The van der Waals surface area contributed by atoms with E-state index in [9.17, 15) is 9.59 Å². The van der Waals surface area contributed by atoms with Crippen LogP contribution in [0.1, 0.15) is 15.9 Å². The molecule has 0 unspecified atom stereocenters. The SMILES string of the molecule is COC(=O)CNC(=O)c1cnc2c(cnn2Cc2ccccc2)c1. The Kier molecular flexibility index (Phi) is 4.51. The number of aromatic nitrogens is 3. The number of esters is 1. The highest BCUT2D eigenvalue weighted by molar-refractivity contribution is 5.98. The van der Waals surface area contributed by atoms with E-state index in [1.807, 2.05) is 30.3 Å². The van der Waals surface area contributed by atoms with Crippen molar-refractivity contribution in [2.75, 3.05) is 13.7 Å². The molecule has 3 rings (SSSR count). The Morgan fingerprint density at radius 1 is 1.21 bits per heavy atom.